The van der Waals surface area contributed by atoms with Crippen molar-refractivity contribution in [2.45, 2.75) is 6.04 Å². The summed E-state index contributed by atoms with van der Waals surface area (Å²) in [5, 5.41) is 8.50. The first-order valence-electron chi connectivity index (χ1n) is 5.72. The van der Waals surface area contributed by atoms with Crippen molar-refractivity contribution in [2.24, 2.45) is 5.73 Å². The number of rotatable bonds is 5. The number of halogens is 1. The molecule has 3 N–H and O–H groups in total. The molecule has 0 saturated heterocycles. The number of carbonyl (C=O) groups is 1. The molecule has 104 valence electrons. The second-order valence-electron chi connectivity index (χ2n) is 4.03. The van der Waals surface area contributed by atoms with Crippen LogP contribution in [0.4, 0.5) is 0 Å². The van der Waals surface area contributed by atoms with Crippen molar-refractivity contribution < 1.29 is 24.1 Å². The van der Waals surface area contributed by atoms with Gasteiger partial charge in [-0.15, -0.1) is 0 Å². The van der Waals surface area contributed by atoms with Crippen LogP contribution in [0, 0.1) is 0 Å². The molecule has 1 aliphatic heterocycles. The molecule has 0 saturated carbocycles. The molecule has 1 unspecified atom stereocenters. The van der Waals surface area contributed by atoms with E-state index in [1.54, 1.807) is 12.1 Å². The molecule has 0 bridgehead atoms. The quantitative estimate of drug-likeness (QED) is 0.845. The van der Waals surface area contributed by atoms with E-state index in [0.717, 1.165) is 10.0 Å². The van der Waals surface area contributed by atoms with Crippen LogP contribution in [0.15, 0.2) is 16.6 Å². The van der Waals surface area contributed by atoms with Crippen LogP contribution in [0.2, 0.25) is 0 Å². The zero-order chi connectivity index (χ0) is 13.8. The summed E-state index contributed by atoms with van der Waals surface area (Å²) in [4.78, 5) is 10.4. The number of hydrogen-bond donors (Lipinski definition) is 2. The number of benzene rings is 1. The first-order chi connectivity index (χ1) is 9.08. The van der Waals surface area contributed by atoms with Crippen molar-refractivity contribution in [1.29, 1.82) is 0 Å². The van der Waals surface area contributed by atoms with Crippen LogP contribution in [-0.4, -0.2) is 37.5 Å². The summed E-state index contributed by atoms with van der Waals surface area (Å²) in [6, 6.07) is 3.14. The molecule has 0 amide bonds. The summed E-state index contributed by atoms with van der Waals surface area (Å²) >= 11 is 3.41. The van der Waals surface area contributed by atoms with Gasteiger partial charge in [0.05, 0.1) is 12.6 Å². The summed E-state index contributed by atoms with van der Waals surface area (Å²) in [6.07, 6.45) is 0. The lowest BCUT2D eigenvalue weighted by atomic mass is 10.1. The molecule has 0 spiro atoms. The molecule has 0 aliphatic carbocycles. The van der Waals surface area contributed by atoms with Crippen molar-refractivity contribution in [3.8, 4) is 11.5 Å². The maximum Gasteiger partial charge on any atom is 0.329 e. The van der Waals surface area contributed by atoms with Gasteiger partial charge >= 0.3 is 5.97 Å². The highest BCUT2D eigenvalue weighted by Gasteiger charge is 2.18. The zero-order valence-corrected chi connectivity index (χ0v) is 11.7. The van der Waals surface area contributed by atoms with Crippen molar-refractivity contribution in [3.63, 3.8) is 0 Å². The molecule has 1 heterocycles. The lowest BCUT2D eigenvalue weighted by Gasteiger charge is -2.21. The number of nitrogens with two attached hydrogens (primary N) is 1. The van der Waals surface area contributed by atoms with E-state index in [2.05, 4.69) is 15.9 Å². The second kappa shape index (κ2) is 6.23. The van der Waals surface area contributed by atoms with Crippen molar-refractivity contribution >= 4 is 21.9 Å². The lowest BCUT2D eigenvalue weighted by molar-refractivity contribution is -0.142. The fourth-order valence-corrected chi connectivity index (χ4v) is 2.34. The summed E-state index contributed by atoms with van der Waals surface area (Å²) < 4.78 is 16.7. The van der Waals surface area contributed by atoms with Gasteiger partial charge in [-0.2, -0.15) is 0 Å². The van der Waals surface area contributed by atoms with Crippen LogP contribution in [0.3, 0.4) is 0 Å². The minimum Gasteiger partial charge on any atom is -0.486 e. The second-order valence-corrected chi connectivity index (χ2v) is 4.89. The van der Waals surface area contributed by atoms with Gasteiger partial charge in [0.25, 0.3) is 0 Å². The molecule has 0 radical (unpaired) electrons. The highest BCUT2D eigenvalue weighted by atomic mass is 79.9. The molecule has 1 atom stereocenters. The van der Waals surface area contributed by atoms with E-state index in [1.807, 2.05) is 0 Å². The Morgan fingerprint density at radius 1 is 1.42 bits per heavy atom. The van der Waals surface area contributed by atoms with Crippen molar-refractivity contribution in [1.82, 2.24) is 0 Å². The number of carboxylic acids is 1. The SMILES string of the molecule is NC(COCC(=O)O)c1cc2c(cc1Br)OCCO2. The monoisotopic (exact) mass is 331 g/mol. The van der Waals surface area contributed by atoms with E-state index in [1.165, 1.54) is 0 Å². The van der Waals surface area contributed by atoms with Crippen molar-refractivity contribution in [2.75, 3.05) is 26.4 Å². The minimum absolute atomic E-state index is 0.116. The molecule has 1 aromatic rings. The van der Waals surface area contributed by atoms with Gasteiger partial charge < -0.3 is 25.1 Å². The largest absolute Gasteiger partial charge is 0.486 e. The van der Waals surface area contributed by atoms with Gasteiger partial charge in [0.2, 0.25) is 0 Å². The van der Waals surface area contributed by atoms with Gasteiger partial charge in [-0.1, -0.05) is 15.9 Å². The minimum atomic E-state index is -1.02. The number of ether oxygens (including phenoxy) is 3. The predicted octanol–water partition coefficient (Wildman–Crippen LogP) is 1.32. The Hall–Kier alpha value is -1.31. The first-order valence-corrected chi connectivity index (χ1v) is 6.51. The van der Waals surface area contributed by atoms with Gasteiger partial charge in [-0.3, -0.25) is 0 Å². The Kier molecular flexibility index (Phi) is 4.62. The molecular formula is C12H14BrNO5. The molecule has 7 heteroatoms. The normalized spacial score (nSPS) is 15.1. The van der Waals surface area contributed by atoms with E-state index >= 15 is 0 Å². The molecule has 2 rings (SSSR count). The fraction of sp³-hybridized carbons (Fsp3) is 0.417. The smallest absolute Gasteiger partial charge is 0.329 e. The van der Waals surface area contributed by atoms with Crippen LogP contribution in [0.25, 0.3) is 0 Å². The van der Waals surface area contributed by atoms with Crippen LogP contribution in [0.1, 0.15) is 11.6 Å². The van der Waals surface area contributed by atoms with Crippen LogP contribution in [-0.2, 0) is 9.53 Å². The predicted molar refractivity (Wildman–Crippen MR) is 70.5 cm³/mol. The molecule has 0 aromatic heterocycles. The van der Waals surface area contributed by atoms with E-state index in [9.17, 15) is 4.79 Å². The zero-order valence-electron chi connectivity index (χ0n) is 10.1. The Balaban J connectivity index is 2.08. The van der Waals surface area contributed by atoms with E-state index < -0.39 is 12.0 Å². The summed E-state index contributed by atoms with van der Waals surface area (Å²) in [5.41, 5.74) is 6.76. The number of aliphatic carboxylic acids is 1. The third-order valence-corrected chi connectivity index (χ3v) is 3.27. The average molecular weight is 332 g/mol. The lowest BCUT2D eigenvalue weighted by Crippen LogP contribution is -2.21. The maximum atomic E-state index is 10.4. The Morgan fingerprint density at radius 3 is 2.68 bits per heavy atom. The Labute approximate surface area is 118 Å². The Bertz CT molecular complexity index is 479. The van der Waals surface area contributed by atoms with E-state index in [-0.39, 0.29) is 13.2 Å². The van der Waals surface area contributed by atoms with Crippen molar-refractivity contribution in [3.05, 3.63) is 22.2 Å². The highest BCUT2D eigenvalue weighted by molar-refractivity contribution is 9.10. The van der Waals surface area contributed by atoms with Gasteiger partial charge in [0.1, 0.15) is 19.8 Å². The van der Waals surface area contributed by atoms with Gasteiger partial charge in [0.15, 0.2) is 11.5 Å². The standard InChI is InChI=1S/C12H14BrNO5/c13-8-4-11-10(18-1-2-19-11)3-7(8)9(14)5-17-6-12(15)16/h3-4,9H,1-2,5-6,14H2,(H,15,16). The van der Waals surface area contributed by atoms with Gasteiger partial charge in [-0.25, -0.2) is 4.79 Å². The average Bonchev–Trinajstić information content (AvgIpc) is 2.37. The van der Waals surface area contributed by atoms with Gasteiger partial charge in [0, 0.05) is 4.47 Å². The van der Waals surface area contributed by atoms with E-state index in [0.29, 0.717) is 24.7 Å². The Morgan fingerprint density at radius 2 is 2.05 bits per heavy atom. The summed E-state index contributed by atoms with van der Waals surface area (Å²) in [5.74, 6) is 0.284. The number of fused-ring (bicyclic) bond motifs is 1. The van der Waals surface area contributed by atoms with E-state index in [4.69, 9.17) is 25.1 Å². The number of carboxylic acid groups (broad SMARTS) is 1. The molecule has 19 heavy (non-hydrogen) atoms. The molecule has 0 fully saturated rings. The molecule has 6 nitrogen and oxygen atoms in total. The summed E-state index contributed by atoms with van der Waals surface area (Å²) in [7, 11) is 0. The maximum absolute atomic E-state index is 10.4. The molecular weight excluding hydrogens is 318 g/mol. The third-order valence-electron chi connectivity index (χ3n) is 2.58. The topological polar surface area (TPSA) is 91.0 Å². The molecule has 1 aromatic carbocycles. The third kappa shape index (κ3) is 3.59. The first kappa shape index (κ1) is 14.1. The van der Waals surface area contributed by atoms with Crippen LogP contribution >= 0.6 is 15.9 Å². The van der Waals surface area contributed by atoms with Crippen LogP contribution in [0.5, 0.6) is 11.5 Å². The fourth-order valence-electron chi connectivity index (χ4n) is 1.73. The molecule has 1 aliphatic rings. The van der Waals surface area contributed by atoms with Crippen LogP contribution < -0.4 is 15.2 Å². The van der Waals surface area contributed by atoms with Gasteiger partial charge in [-0.05, 0) is 17.7 Å². The summed E-state index contributed by atoms with van der Waals surface area (Å²) in [6.45, 7) is 0.770. The highest BCUT2D eigenvalue weighted by Crippen LogP contribution is 2.37. The number of hydrogen-bond acceptors (Lipinski definition) is 5.